The van der Waals surface area contributed by atoms with Crippen LogP contribution in [0.4, 0.5) is 8.78 Å². The van der Waals surface area contributed by atoms with Crippen molar-refractivity contribution in [1.29, 1.82) is 0 Å². The van der Waals surface area contributed by atoms with Crippen LogP contribution in [0.25, 0.3) is 0 Å². The van der Waals surface area contributed by atoms with Crippen LogP contribution in [0.2, 0.25) is 0 Å². The average molecular weight is 561 g/mol. The molecular formula is C29H38F2N4O5. The number of nitrogens with zero attached hydrogens (tertiary/aromatic N) is 4. The molecule has 3 aliphatic heterocycles. The van der Waals surface area contributed by atoms with Gasteiger partial charge < -0.3 is 24.6 Å². The summed E-state index contributed by atoms with van der Waals surface area (Å²) in [6.45, 7) is 5.87. The van der Waals surface area contributed by atoms with Crippen LogP contribution in [0.15, 0.2) is 36.4 Å². The standard InChI is InChI=1S/C29H38F2N4O5/c1-28(2)18-35(17-22(37)16-34-11-9-20-5-3-4-6-21(20)15-34)27(38)23-7-8-25(32-26(23)40-28)39-24-10-12-33(13-14-36)19-29(24,30)31/h3-8,22,24,36-37H,9-19H2,1-2H3/t22-,24?/m1/s1. The topological polar surface area (TPSA) is 98.6 Å². The van der Waals surface area contributed by atoms with Gasteiger partial charge in [-0.2, -0.15) is 4.98 Å². The zero-order valence-corrected chi connectivity index (χ0v) is 23.1. The van der Waals surface area contributed by atoms with Crippen LogP contribution in [0, 0.1) is 0 Å². The van der Waals surface area contributed by atoms with Gasteiger partial charge in [-0.15, -0.1) is 0 Å². The Bertz CT molecular complexity index is 1210. The van der Waals surface area contributed by atoms with Crippen LogP contribution in [0.5, 0.6) is 11.8 Å². The fourth-order valence-electron chi connectivity index (χ4n) is 5.81. The molecule has 1 unspecified atom stereocenters. The van der Waals surface area contributed by atoms with Gasteiger partial charge in [-0.1, -0.05) is 24.3 Å². The summed E-state index contributed by atoms with van der Waals surface area (Å²) in [7, 11) is 0. The molecular weight excluding hydrogens is 522 g/mol. The van der Waals surface area contributed by atoms with E-state index in [1.54, 1.807) is 4.90 Å². The van der Waals surface area contributed by atoms with Crippen molar-refractivity contribution in [3.05, 3.63) is 53.1 Å². The highest BCUT2D eigenvalue weighted by Gasteiger charge is 2.46. The van der Waals surface area contributed by atoms with Crippen molar-refractivity contribution in [2.24, 2.45) is 0 Å². The van der Waals surface area contributed by atoms with Crippen molar-refractivity contribution in [1.82, 2.24) is 19.7 Å². The summed E-state index contributed by atoms with van der Waals surface area (Å²) < 4.78 is 41.2. The molecule has 2 atom stereocenters. The van der Waals surface area contributed by atoms with Crippen molar-refractivity contribution in [3.63, 3.8) is 0 Å². The van der Waals surface area contributed by atoms with Gasteiger partial charge in [0.2, 0.25) is 11.8 Å². The summed E-state index contributed by atoms with van der Waals surface area (Å²) >= 11 is 0. The van der Waals surface area contributed by atoms with Crippen LogP contribution in [-0.4, -0.2) is 112 Å². The minimum atomic E-state index is -3.12. The van der Waals surface area contributed by atoms with E-state index in [2.05, 4.69) is 22.0 Å². The lowest BCUT2D eigenvalue weighted by molar-refractivity contribution is -0.141. The Labute approximate surface area is 233 Å². The van der Waals surface area contributed by atoms with Crippen LogP contribution in [-0.2, 0) is 13.0 Å². The number of ether oxygens (including phenoxy) is 2. The normalized spacial score (nSPS) is 23.5. The first-order valence-electron chi connectivity index (χ1n) is 13.9. The molecule has 0 aliphatic carbocycles. The molecule has 9 nitrogen and oxygen atoms in total. The quantitative estimate of drug-likeness (QED) is 0.507. The molecule has 1 aromatic heterocycles. The number of β-amino-alcohol motifs (C(OH)–C–C–N with tert-alkyl or cyclic N) is 2. The molecule has 0 saturated carbocycles. The van der Waals surface area contributed by atoms with Gasteiger partial charge in [0.15, 0.2) is 6.10 Å². The van der Waals surface area contributed by atoms with E-state index in [1.807, 2.05) is 26.0 Å². The lowest BCUT2D eigenvalue weighted by atomic mass is 9.99. The molecule has 1 aromatic carbocycles. The number of aromatic nitrogens is 1. The van der Waals surface area contributed by atoms with E-state index in [0.29, 0.717) is 13.1 Å². The molecule has 0 spiro atoms. The van der Waals surface area contributed by atoms with Gasteiger partial charge in [-0.05, 0) is 37.5 Å². The van der Waals surface area contributed by atoms with Crippen LogP contribution >= 0.6 is 0 Å². The molecule has 218 valence electrons. The monoisotopic (exact) mass is 560 g/mol. The Morgan fingerprint density at radius 1 is 1.10 bits per heavy atom. The van der Waals surface area contributed by atoms with E-state index in [-0.39, 0.29) is 55.9 Å². The van der Waals surface area contributed by atoms with Crippen molar-refractivity contribution >= 4 is 5.91 Å². The second kappa shape index (κ2) is 11.6. The molecule has 40 heavy (non-hydrogen) atoms. The molecule has 1 amide bonds. The highest BCUT2D eigenvalue weighted by Crippen LogP contribution is 2.34. The predicted octanol–water partition coefficient (Wildman–Crippen LogP) is 2.19. The Kier molecular flexibility index (Phi) is 8.28. The summed E-state index contributed by atoms with van der Waals surface area (Å²) in [5, 5.41) is 20.0. The number of hydrogen-bond acceptors (Lipinski definition) is 8. The second-order valence-corrected chi connectivity index (χ2v) is 11.6. The van der Waals surface area contributed by atoms with Crippen LogP contribution in [0.1, 0.15) is 41.8 Å². The van der Waals surface area contributed by atoms with Gasteiger partial charge in [0.25, 0.3) is 11.8 Å². The van der Waals surface area contributed by atoms with Gasteiger partial charge in [0.05, 0.1) is 25.8 Å². The van der Waals surface area contributed by atoms with Crippen LogP contribution in [0.3, 0.4) is 0 Å². The van der Waals surface area contributed by atoms with Gasteiger partial charge in [0, 0.05) is 51.8 Å². The minimum absolute atomic E-state index is 0.0261. The largest absolute Gasteiger partial charge is 0.469 e. The molecule has 11 heteroatoms. The first-order chi connectivity index (χ1) is 19.0. The molecule has 5 rings (SSSR count). The van der Waals surface area contributed by atoms with Gasteiger partial charge >= 0.3 is 0 Å². The maximum absolute atomic E-state index is 14.7. The molecule has 3 aliphatic rings. The number of piperidine rings is 1. The molecule has 2 N–H and O–H groups in total. The van der Waals surface area contributed by atoms with E-state index in [4.69, 9.17) is 14.6 Å². The highest BCUT2D eigenvalue weighted by atomic mass is 19.3. The lowest BCUT2D eigenvalue weighted by Gasteiger charge is -2.37. The van der Waals surface area contributed by atoms with E-state index >= 15 is 0 Å². The molecule has 2 aromatic rings. The third-order valence-electron chi connectivity index (χ3n) is 7.70. The Morgan fingerprint density at radius 3 is 2.62 bits per heavy atom. The molecule has 0 radical (unpaired) electrons. The zero-order chi connectivity index (χ0) is 28.5. The first kappa shape index (κ1) is 28.7. The summed E-state index contributed by atoms with van der Waals surface area (Å²) in [6.07, 6.45) is -1.15. The number of halogens is 2. The van der Waals surface area contributed by atoms with Crippen molar-refractivity contribution < 1.29 is 33.3 Å². The first-order valence-corrected chi connectivity index (χ1v) is 13.9. The smallest absolute Gasteiger partial charge is 0.296 e. The zero-order valence-electron chi connectivity index (χ0n) is 23.1. The number of aliphatic hydroxyl groups is 2. The number of amides is 1. The van der Waals surface area contributed by atoms with E-state index in [1.165, 1.54) is 28.2 Å². The summed E-state index contributed by atoms with van der Waals surface area (Å²) in [4.78, 5) is 23.1. The molecule has 1 saturated heterocycles. The number of benzene rings is 1. The highest BCUT2D eigenvalue weighted by molar-refractivity contribution is 5.97. The fourth-order valence-corrected chi connectivity index (χ4v) is 5.81. The average Bonchev–Trinajstić information content (AvgIpc) is 2.98. The van der Waals surface area contributed by atoms with Crippen molar-refractivity contribution in [2.75, 3.05) is 52.4 Å². The Balaban J connectivity index is 1.25. The van der Waals surface area contributed by atoms with Gasteiger partial charge in [-0.3, -0.25) is 14.6 Å². The van der Waals surface area contributed by atoms with E-state index in [0.717, 1.165) is 19.5 Å². The number of rotatable bonds is 8. The second-order valence-electron chi connectivity index (χ2n) is 11.6. The third kappa shape index (κ3) is 6.54. The summed E-state index contributed by atoms with van der Waals surface area (Å²) in [6, 6.07) is 11.2. The Hall–Kier alpha value is -2.86. The SMILES string of the molecule is CC1(C)CN(C[C@H](O)CN2CCc3ccccc3C2)C(=O)c2ccc(OC3CCN(CCO)CC3(F)F)nc2O1. The minimum Gasteiger partial charge on any atom is -0.469 e. The van der Waals surface area contributed by atoms with Gasteiger partial charge in [0.1, 0.15) is 11.2 Å². The number of fused-ring (bicyclic) bond motifs is 2. The number of pyridine rings is 1. The van der Waals surface area contributed by atoms with Crippen molar-refractivity contribution in [3.8, 4) is 11.8 Å². The third-order valence-corrected chi connectivity index (χ3v) is 7.70. The number of likely N-dealkylation sites (tertiary alicyclic amines) is 1. The van der Waals surface area contributed by atoms with Crippen LogP contribution < -0.4 is 9.47 Å². The van der Waals surface area contributed by atoms with E-state index in [9.17, 15) is 18.7 Å². The summed E-state index contributed by atoms with van der Waals surface area (Å²) in [5.41, 5.74) is 1.95. The molecule has 4 heterocycles. The number of hydrogen-bond donors (Lipinski definition) is 2. The number of alkyl halides is 2. The maximum Gasteiger partial charge on any atom is 0.296 e. The fraction of sp³-hybridized carbons (Fsp3) is 0.586. The molecule has 1 fully saturated rings. The summed E-state index contributed by atoms with van der Waals surface area (Å²) in [5.74, 6) is -3.48. The van der Waals surface area contributed by atoms with E-state index < -0.39 is 30.3 Å². The van der Waals surface area contributed by atoms with Crippen molar-refractivity contribution in [2.45, 2.75) is 57.0 Å². The number of aliphatic hydroxyl groups excluding tert-OH is 2. The predicted molar refractivity (Wildman–Crippen MR) is 144 cm³/mol. The maximum atomic E-state index is 14.7. The van der Waals surface area contributed by atoms with Gasteiger partial charge in [-0.25, -0.2) is 8.78 Å². The Morgan fingerprint density at radius 2 is 1.88 bits per heavy atom. The number of carbonyl (C=O) groups is 1. The molecule has 0 bridgehead atoms. The lowest BCUT2D eigenvalue weighted by Crippen LogP contribution is -2.54. The number of carbonyl (C=O) groups excluding carboxylic acids is 1.